The lowest BCUT2D eigenvalue weighted by molar-refractivity contribution is 0.225. The Labute approximate surface area is 119 Å². The zero-order chi connectivity index (χ0) is 14.1. The van der Waals surface area contributed by atoms with Crippen molar-refractivity contribution in [1.29, 1.82) is 0 Å². The third kappa shape index (κ3) is 2.70. The molecule has 0 fully saturated rings. The summed E-state index contributed by atoms with van der Waals surface area (Å²) < 4.78 is 11.5. The van der Waals surface area contributed by atoms with Gasteiger partial charge in [-0.05, 0) is 32.4 Å². The molecule has 0 amide bonds. The summed E-state index contributed by atoms with van der Waals surface area (Å²) in [5, 5.41) is 3.35. The predicted molar refractivity (Wildman–Crippen MR) is 77.0 cm³/mol. The van der Waals surface area contributed by atoms with Crippen LogP contribution < -0.4 is 10.1 Å². The fourth-order valence-corrected chi connectivity index (χ4v) is 2.52. The van der Waals surface area contributed by atoms with Gasteiger partial charge in [0.15, 0.2) is 0 Å². The van der Waals surface area contributed by atoms with Crippen LogP contribution in [0.1, 0.15) is 28.5 Å². The summed E-state index contributed by atoms with van der Waals surface area (Å²) in [4.78, 5) is 4.36. The van der Waals surface area contributed by atoms with Crippen LogP contribution in [-0.2, 0) is 13.0 Å². The molecule has 0 saturated carbocycles. The highest BCUT2D eigenvalue weighted by molar-refractivity contribution is 5.40. The number of benzene rings is 1. The molecule has 0 radical (unpaired) electrons. The minimum Gasteiger partial charge on any atom is -0.488 e. The van der Waals surface area contributed by atoms with Crippen LogP contribution in [0.2, 0.25) is 0 Å². The van der Waals surface area contributed by atoms with Gasteiger partial charge in [0.05, 0.1) is 12.2 Å². The average molecular weight is 272 g/mol. The van der Waals surface area contributed by atoms with Gasteiger partial charge in [-0.1, -0.05) is 17.7 Å². The van der Waals surface area contributed by atoms with E-state index in [0.717, 1.165) is 36.1 Å². The van der Waals surface area contributed by atoms with Gasteiger partial charge >= 0.3 is 0 Å². The molecule has 4 nitrogen and oxygen atoms in total. The highest BCUT2D eigenvalue weighted by Crippen LogP contribution is 2.29. The third-order valence-corrected chi connectivity index (χ3v) is 3.68. The Morgan fingerprint density at radius 1 is 1.30 bits per heavy atom. The minimum atomic E-state index is 0.198. The highest BCUT2D eigenvalue weighted by Gasteiger charge is 2.22. The topological polar surface area (TPSA) is 47.3 Å². The molecule has 20 heavy (non-hydrogen) atoms. The van der Waals surface area contributed by atoms with Crippen LogP contribution in [0.15, 0.2) is 22.6 Å². The van der Waals surface area contributed by atoms with Gasteiger partial charge in [-0.15, -0.1) is 0 Å². The van der Waals surface area contributed by atoms with Crippen LogP contribution in [0.3, 0.4) is 0 Å². The van der Waals surface area contributed by atoms with Gasteiger partial charge < -0.3 is 14.5 Å². The fourth-order valence-electron chi connectivity index (χ4n) is 2.52. The first-order chi connectivity index (χ1) is 9.61. The standard InChI is InChI=1S/C16H20N2O2/c1-10-4-5-15-13(6-10)7-14(20-15)8-17-9-16-18-11(2)12(3)19-16/h4-6,14,17H,7-9H2,1-3H3. The molecular formula is C16H20N2O2. The summed E-state index contributed by atoms with van der Waals surface area (Å²) in [5.74, 6) is 2.65. The van der Waals surface area contributed by atoms with Crippen molar-refractivity contribution >= 4 is 0 Å². The molecule has 1 unspecified atom stereocenters. The number of nitrogens with zero attached hydrogens (tertiary/aromatic N) is 1. The van der Waals surface area contributed by atoms with E-state index in [-0.39, 0.29) is 6.10 Å². The number of nitrogens with one attached hydrogen (secondary N) is 1. The second-order valence-corrected chi connectivity index (χ2v) is 5.44. The Bertz CT molecular complexity index is 599. The first-order valence-corrected chi connectivity index (χ1v) is 7.01. The van der Waals surface area contributed by atoms with Crippen molar-refractivity contribution in [2.24, 2.45) is 0 Å². The van der Waals surface area contributed by atoms with Crippen molar-refractivity contribution in [3.05, 3.63) is 46.7 Å². The van der Waals surface area contributed by atoms with Crippen LogP contribution in [0, 0.1) is 20.8 Å². The smallest absolute Gasteiger partial charge is 0.208 e. The average Bonchev–Trinajstić information content (AvgIpc) is 2.93. The molecule has 0 aliphatic carbocycles. The highest BCUT2D eigenvalue weighted by atomic mass is 16.5. The molecule has 106 valence electrons. The molecule has 1 N–H and O–H groups in total. The second-order valence-electron chi connectivity index (χ2n) is 5.44. The first kappa shape index (κ1) is 13.2. The number of ether oxygens (including phenoxy) is 1. The van der Waals surface area contributed by atoms with E-state index in [2.05, 4.69) is 35.4 Å². The summed E-state index contributed by atoms with van der Waals surface area (Å²) in [5.41, 5.74) is 3.55. The number of hydrogen-bond acceptors (Lipinski definition) is 4. The van der Waals surface area contributed by atoms with Crippen LogP contribution in [0.5, 0.6) is 5.75 Å². The Hall–Kier alpha value is -1.81. The number of rotatable bonds is 4. The van der Waals surface area contributed by atoms with E-state index < -0.39 is 0 Å². The number of fused-ring (bicyclic) bond motifs is 1. The SMILES string of the molecule is Cc1ccc2c(c1)CC(CNCc1nc(C)c(C)o1)O2. The maximum atomic E-state index is 5.92. The summed E-state index contributed by atoms with van der Waals surface area (Å²) in [6, 6.07) is 6.36. The molecular weight excluding hydrogens is 252 g/mol. The van der Waals surface area contributed by atoms with E-state index in [1.165, 1.54) is 11.1 Å². The largest absolute Gasteiger partial charge is 0.488 e. The Balaban J connectivity index is 1.51. The van der Waals surface area contributed by atoms with Gasteiger partial charge in [0, 0.05) is 13.0 Å². The fraction of sp³-hybridized carbons (Fsp3) is 0.438. The van der Waals surface area contributed by atoms with E-state index in [0.29, 0.717) is 6.54 Å². The minimum absolute atomic E-state index is 0.198. The van der Waals surface area contributed by atoms with Crippen molar-refractivity contribution < 1.29 is 9.15 Å². The van der Waals surface area contributed by atoms with Gasteiger partial charge in [0.1, 0.15) is 17.6 Å². The van der Waals surface area contributed by atoms with Gasteiger partial charge in [-0.3, -0.25) is 0 Å². The molecule has 0 bridgehead atoms. The van der Waals surface area contributed by atoms with Crippen LogP contribution in [-0.4, -0.2) is 17.6 Å². The zero-order valence-electron chi connectivity index (χ0n) is 12.2. The van der Waals surface area contributed by atoms with Crippen molar-refractivity contribution in [3.63, 3.8) is 0 Å². The van der Waals surface area contributed by atoms with Crippen LogP contribution in [0.25, 0.3) is 0 Å². The Kier molecular flexibility index (Phi) is 3.49. The predicted octanol–water partition coefficient (Wildman–Crippen LogP) is 2.69. The van der Waals surface area contributed by atoms with E-state index >= 15 is 0 Å². The molecule has 2 aromatic rings. The van der Waals surface area contributed by atoms with Crippen molar-refractivity contribution in [3.8, 4) is 5.75 Å². The van der Waals surface area contributed by atoms with E-state index in [9.17, 15) is 0 Å². The summed E-state index contributed by atoms with van der Waals surface area (Å²) >= 11 is 0. The third-order valence-electron chi connectivity index (χ3n) is 3.68. The second kappa shape index (κ2) is 5.29. The maximum absolute atomic E-state index is 5.92. The molecule has 2 heterocycles. The molecule has 3 rings (SSSR count). The number of hydrogen-bond donors (Lipinski definition) is 1. The summed E-state index contributed by atoms with van der Waals surface area (Å²) in [7, 11) is 0. The van der Waals surface area contributed by atoms with Gasteiger partial charge in [0.2, 0.25) is 5.89 Å². The van der Waals surface area contributed by atoms with Gasteiger partial charge in [-0.2, -0.15) is 0 Å². The molecule has 1 atom stereocenters. The Morgan fingerprint density at radius 2 is 2.15 bits per heavy atom. The number of aryl methyl sites for hydroxylation is 3. The molecule has 1 aliphatic heterocycles. The van der Waals surface area contributed by atoms with Crippen molar-refractivity contribution in [1.82, 2.24) is 10.3 Å². The zero-order valence-corrected chi connectivity index (χ0v) is 12.2. The van der Waals surface area contributed by atoms with Crippen LogP contribution in [0.4, 0.5) is 0 Å². The van der Waals surface area contributed by atoms with Crippen LogP contribution >= 0.6 is 0 Å². The lowest BCUT2D eigenvalue weighted by Gasteiger charge is -2.10. The van der Waals surface area contributed by atoms with E-state index in [1.54, 1.807) is 0 Å². The summed E-state index contributed by atoms with van der Waals surface area (Å²) in [6.07, 6.45) is 1.16. The van der Waals surface area contributed by atoms with E-state index in [4.69, 9.17) is 9.15 Å². The molecule has 1 aromatic carbocycles. The Morgan fingerprint density at radius 3 is 2.90 bits per heavy atom. The molecule has 1 aliphatic rings. The first-order valence-electron chi connectivity index (χ1n) is 7.01. The van der Waals surface area contributed by atoms with E-state index in [1.807, 2.05) is 13.8 Å². The van der Waals surface area contributed by atoms with Gasteiger partial charge in [0.25, 0.3) is 0 Å². The quantitative estimate of drug-likeness (QED) is 0.929. The van der Waals surface area contributed by atoms with Crippen molar-refractivity contribution in [2.45, 2.75) is 39.8 Å². The molecule has 4 heteroatoms. The summed E-state index contributed by atoms with van der Waals surface area (Å²) in [6.45, 7) is 7.45. The lowest BCUT2D eigenvalue weighted by atomic mass is 10.1. The number of aromatic nitrogens is 1. The normalized spacial score (nSPS) is 17.1. The lowest BCUT2D eigenvalue weighted by Crippen LogP contribution is -2.29. The maximum Gasteiger partial charge on any atom is 0.208 e. The molecule has 0 spiro atoms. The molecule has 1 aromatic heterocycles. The molecule has 0 saturated heterocycles. The van der Waals surface area contributed by atoms with Crippen molar-refractivity contribution in [2.75, 3.05) is 6.54 Å². The van der Waals surface area contributed by atoms with Gasteiger partial charge in [-0.25, -0.2) is 4.98 Å². The number of oxazole rings is 1. The monoisotopic (exact) mass is 272 g/mol.